The first kappa shape index (κ1) is 18.2. The van der Waals surface area contributed by atoms with Crippen molar-refractivity contribution in [3.8, 4) is 0 Å². The fourth-order valence-corrected chi connectivity index (χ4v) is 2.73. The molecule has 0 bridgehead atoms. The molecule has 0 unspecified atom stereocenters. The van der Waals surface area contributed by atoms with Crippen molar-refractivity contribution in [3.63, 3.8) is 0 Å². The SMILES string of the molecule is Cc1ccc(C(C)(C)CC(=O)NCCc2ccc(CO)cc2)cc1. The summed E-state index contributed by atoms with van der Waals surface area (Å²) in [4.78, 5) is 12.2. The van der Waals surface area contributed by atoms with Crippen LogP contribution in [0.1, 0.15) is 42.5 Å². The molecular formula is C21H27NO2. The molecule has 0 aliphatic heterocycles. The number of rotatable bonds is 7. The highest BCUT2D eigenvalue weighted by molar-refractivity contribution is 5.77. The molecule has 0 aliphatic carbocycles. The van der Waals surface area contributed by atoms with Crippen molar-refractivity contribution in [2.75, 3.05) is 6.54 Å². The lowest BCUT2D eigenvalue weighted by atomic mass is 9.81. The van der Waals surface area contributed by atoms with E-state index >= 15 is 0 Å². The summed E-state index contributed by atoms with van der Waals surface area (Å²) < 4.78 is 0. The molecule has 0 aliphatic rings. The van der Waals surface area contributed by atoms with Gasteiger partial charge in [0.25, 0.3) is 0 Å². The Balaban J connectivity index is 1.82. The maximum absolute atomic E-state index is 12.2. The molecular weight excluding hydrogens is 298 g/mol. The standard InChI is InChI=1S/C21H27NO2/c1-16-4-10-19(11-5-16)21(2,3)14-20(24)22-13-12-17-6-8-18(15-23)9-7-17/h4-11,23H,12-15H2,1-3H3,(H,22,24). The van der Waals surface area contributed by atoms with Crippen LogP contribution < -0.4 is 5.32 Å². The minimum atomic E-state index is -0.180. The van der Waals surface area contributed by atoms with E-state index in [1.807, 2.05) is 24.3 Å². The Morgan fingerprint density at radius 2 is 1.58 bits per heavy atom. The van der Waals surface area contributed by atoms with Crippen molar-refractivity contribution in [2.45, 2.75) is 45.6 Å². The Bertz CT molecular complexity index is 657. The first-order valence-corrected chi connectivity index (χ1v) is 8.43. The van der Waals surface area contributed by atoms with Gasteiger partial charge in [-0.25, -0.2) is 0 Å². The topological polar surface area (TPSA) is 49.3 Å². The Labute approximate surface area is 144 Å². The second-order valence-corrected chi connectivity index (χ2v) is 7.00. The predicted octanol–water partition coefficient (Wildman–Crippen LogP) is 3.51. The normalized spacial score (nSPS) is 11.3. The maximum atomic E-state index is 12.2. The molecule has 0 radical (unpaired) electrons. The van der Waals surface area contributed by atoms with Crippen LogP contribution in [-0.2, 0) is 23.2 Å². The molecule has 24 heavy (non-hydrogen) atoms. The number of aryl methyl sites for hydroxylation is 1. The number of carbonyl (C=O) groups is 1. The van der Waals surface area contributed by atoms with Crippen molar-refractivity contribution in [3.05, 3.63) is 70.8 Å². The van der Waals surface area contributed by atoms with E-state index in [0.717, 1.165) is 17.5 Å². The third-order valence-corrected chi connectivity index (χ3v) is 4.38. The molecule has 2 aromatic rings. The Hall–Kier alpha value is -2.13. The minimum absolute atomic E-state index is 0.0606. The van der Waals surface area contributed by atoms with Crippen LogP contribution in [0.2, 0.25) is 0 Å². The molecule has 128 valence electrons. The summed E-state index contributed by atoms with van der Waals surface area (Å²) in [7, 11) is 0. The zero-order chi connectivity index (χ0) is 17.6. The largest absolute Gasteiger partial charge is 0.392 e. The van der Waals surface area contributed by atoms with E-state index in [0.29, 0.717) is 13.0 Å². The number of aliphatic hydroxyl groups excluding tert-OH is 1. The Kier molecular flexibility index (Phi) is 6.16. The second kappa shape index (κ2) is 8.11. The van der Waals surface area contributed by atoms with E-state index in [1.54, 1.807) is 0 Å². The summed E-state index contributed by atoms with van der Waals surface area (Å²) in [6.45, 7) is 6.96. The quantitative estimate of drug-likeness (QED) is 0.818. The average Bonchev–Trinajstić information content (AvgIpc) is 2.55. The van der Waals surface area contributed by atoms with Crippen molar-refractivity contribution in [1.82, 2.24) is 5.32 Å². The minimum Gasteiger partial charge on any atom is -0.392 e. The van der Waals surface area contributed by atoms with Crippen LogP contribution in [0, 0.1) is 6.92 Å². The fourth-order valence-electron chi connectivity index (χ4n) is 2.73. The molecule has 3 nitrogen and oxygen atoms in total. The average molecular weight is 325 g/mol. The summed E-state index contributed by atoms with van der Waals surface area (Å²) in [5.74, 6) is 0.0764. The molecule has 3 heteroatoms. The lowest BCUT2D eigenvalue weighted by Gasteiger charge is -2.24. The van der Waals surface area contributed by atoms with Gasteiger partial charge in [-0.3, -0.25) is 4.79 Å². The van der Waals surface area contributed by atoms with E-state index in [9.17, 15) is 4.79 Å². The third-order valence-electron chi connectivity index (χ3n) is 4.38. The van der Waals surface area contributed by atoms with Gasteiger partial charge < -0.3 is 10.4 Å². The number of hydrogen-bond acceptors (Lipinski definition) is 2. The lowest BCUT2D eigenvalue weighted by molar-refractivity contribution is -0.122. The number of carbonyl (C=O) groups excluding carboxylic acids is 1. The molecule has 2 rings (SSSR count). The van der Waals surface area contributed by atoms with E-state index in [-0.39, 0.29) is 17.9 Å². The molecule has 0 spiro atoms. The zero-order valence-corrected chi connectivity index (χ0v) is 14.8. The van der Waals surface area contributed by atoms with E-state index in [1.165, 1.54) is 11.1 Å². The molecule has 0 aromatic heterocycles. The van der Waals surface area contributed by atoms with Crippen molar-refractivity contribution in [2.24, 2.45) is 0 Å². The van der Waals surface area contributed by atoms with Crippen LogP contribution >= 0.6 is 0 Å². The van der Waals surface area contributed by atoms with Crippen molar-refractivity contribution < 1.29 is 9.90 Å². The van der Waals surface area contributed by atoms with Gasteiger partial charge >= 0.3 is 0 Å². The fraction of sp³-hybridized carbons (Fsp3) is 0.381. The van der Waals surface area contributed by atoms with Gasteiger partial charge in [-0.1, -0.05) is 67.9 Å². The highest BCUT2D eigenvalue weighted by Gasteiger charge is 2.23. The third kappa shape index (κ3) is 5.20. The first-order chi connectivity index (χ1) is 11.4. The smallest absolute Gasteiger partial charge is 0.220 e. The molecule has 0 heterocycles. The van der Waals surface area contributed by atoms with E-state index in [2.05, 4.69) is 50.4 Å². The summed E-state index contributed by atoms with van der Waals surface area (Å²) in [6.07, 6.45) is 1.27. The second-order valence-electron chi connectivity index (χ2n) is 7.00. The van der Waals surface area contributed by atoms with Crippen LogP contribution in [0.5, 0.6) is 0 Å². The molecule has 0 saturated carbocycles. The zero-order valence-electron chi connectivity index (χ0n) is 14.8. The van der Waals surface area contributed by atoms with Crippen LogP contribution in [0.25, 0.3) is 0 Å². The summed E-state index contributed by atoms with van der Waals surface area (Å²) >= 11 is 0. The number of hydrogen-bond donors (Lipinski definition) is 2. The van der Waals surface area contributed by atoms with Crippen molar-refractivity contribution >= 4 is 5.91 Å². The van der Waals surface area contributed by atoms with Crippen molar-refractivity contribution in [1.29, 1.82) is 0 Å². The van der Waals surface area contributed by atoms with E-state index < -0.39 is 0 Å². The van der Waals surface area contributed by atoms with Crippen LogP contribution in [0.3, 0.4) is 0 Å². The number of amides is 1. The molecule has 0 saturated heterocycles. The highest BCUT2D eigenvalue weighted by Crippen LogP contribution is 2.27. The van der Waals surface area contributed by atoms with Gasteiger partial charge in [0.05, 0.1) is 6.61 Å². The van der Waals surface area contributed by atoms with Gasteiger partial charge in [0.1, 0.15) is 0 Å². The highest BCUT2D eigenvalue weighted by atomic mass is 16.3. The molecule has 1 amide bonds. The molecule has 0 atom stereocenters. The summed E-state index contributed by atoms with van der Waals surface area (Å²) in [6, 6.07) is 16.2. The lowest BCUT2D eigenvalue weighted by Crippen LogP contribution is -2.32. The van der Waals surface area contributed by atoms with Crippen LogP contribution in [0.15, 0.2) is 48.5 Å². The Morgan fingerprint density at radius 1 is 1.00 bits per heavy atom. The first-order valence-electron chi connectivity index (χ1n) is 8.43. The van der Waals surface area contributed by atoms with Crippen LogP contribution in [-0.4, -0.2) is 17.6 Å². The summed E-state index contributed by atoms with van der Waals surface area (Å²) in [5, 5.41) is 12.0. The molecule has 0 fully saturated rings. The van der Waals surface area contributed by atoms with Gasteiger partial charge in [-0.15, -0.1) is 0 Å². The molecule has 2 aromatic carbocycles. The van der Waals surface area contributed by atoms with Gasteiger partial charge in [-0.05, 0) is 35.4 Å². The molecule has 2 N–H and O–H groups in total. The summed E-state index contributed by atoms with van der Waals surface area (Å²) in [5.41, 5.74) is 4.29. The predicted molar refractivity (Wildman–Crippen MR) is 97.9 cm³/mol. The number of benzene rings is 2. The Morgan fingerprint density at radius 3 is 2.17 bits per heavy atom. The van der Waals surface area contributed by atoms with E-state index in [4.69, 9.17) is 5.11 Å². The number of aliphatic hydroxyl groups is 1. The van der Waals surface area contributed by atoms with Gasteiger partial charge in [0.15, 0.2) is 0 Å². The monoisotopic (exact) mass is 325 g/mol. The number of nitrogens with one attached hydrogen (secondary N) is 1. The van der Waals surface area contributed by atoms with Gasteiger partial charge in [0, 0.05) is 13.0 Å². The van der Waals surface area contributed by atoms with Gasteiger partial charge in [-0.2, -0.15) is 0 Å². The van der Waals surface area contributed by atoms with Crippen LogP contribution in [0.4, 0.5) is 0 Å². The maximum Gasteiger partial charge on any atom is 0.220 e. The van der Waals surface area contributed by atoms with Gasteiger partial charge in [0.2, 0.25) is 5.91 Å².